The Hall–Kier alpha value is -3.82. The average molecular weight is 597 g/mol. The van der Waals surface area contributed by atoms with E-state index in [2.05, 4.69) is 9.97 Å². The number of aliphatic hydroxyl groups is 1. The number of anilines is 1. The molecule has 42 heavy (non-hydrogen) atoms. The van der Waals surface area contributed by atoms with Crippen LogP contribution < -0.4 is 9.64 Å². The predicted molar refractivity (Wildman–Crippen MR) is 159 cm³/mol. The van der Waals surface area contributed by atoms with Crippen molar-refractivity contribution in [2.24, 2.45) is 18.9 Å². The van der Waals surface area contributed by atoms with Gasteiger partial charge in [-0.05, 0) is 55.7 Å². The highest BCUT2D eigenvalue weighted by Gasteiger charge is 2.45. The Morgan fingerprint density at radius 1 is 1.10 bits per heavy atom. The fraction of sp³-hybridized carbons (Fsp3) is 0.312. The van der Waals surface area contributed by atoms with Crippen LogP contribution in [-0.4, -0.2) is 32.7 Å². The van der Waals surface area contributed by atoms with E-state index in [1.54, 1.807) is 71.4 Å². The largest absolute Gasteiger partial charge is 0.453 e. The number of hydrogen-bond donors (Lipinski definition) is 1. The molecule has 2 heterocycles. The maximum absolute atomic E-state index is 15.1. The molecule has 0 saturated carbocycles. The van der Waals surface area contributed by atoms with Gasteiger partial charge in [0, 0.05) is 36.5 Å². The highest BCUT2D eigenvalue weighted by atomic mass is 35.5. The highest BCUT2D eigenvalue weighted by molar-refractivity contribution is 6.31. The van der Waals surface area contributed by atoms with E-state index in [0.717, 1.165) is 0 Å². The maximum Gasteiger partial charge on any atom is 0.420 e. The second kappa shape index (κ2) is 11.5. The van der Waals surface area contributed by atoms with Crippen molar-refractivity contribution in [3.63, 3.8) is 0 Å². The smallest absolute Gasteiger partial charge is 0.420 e. The number of imidazole rings is 1. The fourth-order valence-electron chi connectivity index (χ4n) is 5.73. The van der Waals surface area contributed by atoms with Crippen LogP contribution in [0.25, 0.3) is 10.9 Å². The Kier molecular flexibility index (Phi) is 8.09. The molecular weight excluding hydrogens is 565 g/mol. The van der Waals surface area contributed by atoms with Gasteiger partial charge in [0.15, 0.2) is 11.6 Å². The van der Waals surface area contributed by atoms with Gasteiger partial charge in [-0.2, -0.15) is 13.2 Å². The van der Waals surface area contributed by atoms with Crippen LogP contribution >= 0.6 is 11.6 Å². The van der Waals surface area contributed by atoms with Gasteiger partial charge in [0.1, 0.15) is 16.9 Å². The van der Waals surface area contributed by atoms with Crippen LogP contribution in [0.5, 0.6) is 11.5 Å². The molecule has 0 aliphatic heterocycles. The van der Waals surface area contributed by atoms with E-state index in [4.69, 9.17) is 16.3 Å². The number of pyridine rings is 1. The third-order valence-corrected chi connectivity index (χ3v) is 8.06. The van der Waals surface area contributed by atoms with Crippen molar-refractivity contribution >= 4 is 28.3 Å². The zero-order valence-corrected chi connectivity index (χ0v) is 24.5. The van der Waals surface area contributed by atoms with Gasteiger partial charge < -0.3 is 19.3 Å². The van der Waals surface area contributed by atoms with Gasteiger partial charge in [-0.1, -0.05) is 54.9 Å². The maximum atomic E-state index is 15.1. The van der Waals surface area contributed by atoms with Gasteiger partial charge in [0.25, 0.3) is 0 Å². The van der Waals surface area contributed by atoms with Gasteiger partial charge in [-0.25, -0.2) is 9.97 Å². The molecule has 2 aromatic heterocycles. The first-order valence-electron chi connectivity index (χ1n) is 13.8. The number of alkyl halides is 3. The molecule has 4 aromatic rings. The summed E-state index contributed by atoms with van der Waals surface area (Å²) in [4.78, 5) is 10.6. The lowest BCUT2D eigenvalue weighted by molar-refractivity contribution is -0.137. The van der Waals surface area contributed by atoms with Crippen molar-refractivity contribution in [2.75, 3.05) is 18.0 Å². The number of para-hydroxylation sites is 1. The highest BCUT2D eigenvalue weighted by Crippen LogP contribution is 2.49. The zero-order chi connectivity index (χ0) is 30.2. The summed E-state index contributed by atoms with van der Waals surface area (Å²) in [6.07, 6.45) is 3.58. The molecule has 0 spiro atoms. The minimum atomic E-state index is -4.80. The molecule has 0 saturated heterocycles. The van der Waals surface area contributed by atoms with Crippen LogP contribution in [0.2, 0.25) is 0 Å². The average Bonchev–Trinajstić information content (AvgIpc) is 3.39. The lowest BCUT2D eigenvalue weighted by atomic mass is 9.71. The summed E-state index contributed by atoms with van der Waals surface area (Å²) in [7, 11) is 1.74. The number of halogens is 4. The normalized spacial score (nSPS) is 18.5. The molecule has 6 nitrogen and oxygen atoms in total. The molecule has 0 radical (unpaired) electrons. The van der Waals surface area contributed by atoms with Gasteiger partial charge in [-0.3, -0.25) is 0 Å². The van der Waals surface area contributed by atoms with Crippen molar-refractivity contribution in [3.05, 3.63) is 101 Å². The quantitative estimate of drug-likeness (QED) is 0.225. The molecule has 2 aromatic carbocycles. The third-order valence-electron chi connectivity index (χ3n) is 7.81. The van der Waals surface area contributed by atoms with Gasteiger partial charge >= 0.3 is 6.18 Å². The van der Waals surface area contributed by atoms with Crippen molar-refractivity contribution in [3.8, 4) is 11.5 Å². The van der Waals surface area contributed by atoms with E-state index in [-0.39, 0.29) is 39.7 Å². The van der Waals surface area contributed by atoms with E-state index in [1.807, 2.05) is 26.8 Å². The molecule has 3 atom stereocenters. The monoisotopic (exact) mass is 596 g/mol. The molecule has 3 unspecified atom stereocenters. The fourth-order valence-corrected chi connectivity index (χ4v) is 6.00. The number of nitrogens with zero attached hydrogens (tertiary/aromatic N) is 4. The first kappa shape index (κ1) is 29.7. The molecule has 1 aliphatic carbocycles. The van der Waals surface area contributed by atoms with Crippen LogP contribution in [-0.2, 0) is 18.8 Å². The number of fused-ring (bicyclic) bond motifs is 1. The molecule has 5 rings (SSSR count). The minimum absolute atomic E-state index is 0.0990. The van der Waals surface area contributed by atoms with E-state index < -0.39 is 23.3 Å². The zero-order valence-electron chi connectivity index (χ0n) is 23.7. The summed E-state index contributed by atoms with van der Waals surface area (Å²) in [6.45, 7) is 6.47. The number of allylic oxidation sites excluding steroid dienone is 3. The lowest BCUT2D eigenvalue weighted by Gasteiger charge is -2.39. The summed E-state index contributed by atoms with van der Waals surface area (Å²) >= 11 is 6.25. The van der Waals surface area contributed by atoms with E-state index in [1.165, 1.54) is 18.3 Å². The first-order valence-corrected chi connectivity index (χ1v) is 14.1. The van der Waals surface area contributed by atoms with Gasteiger partial charge in [0.2, 0.25) is 0 Å². The standard InChI is InChI=1S/C32H32ClF3N4O2/c1-5-40(6-2)30-29(42-23-10-8-7-9-11-23)28(32(34,35)36)24-17-21(12-15-26(24)38-30)31(41,27-18-37-19-39(27)4)25-14-13-22(33)16-20(25)3/h7-20,25,41H,5-6H2,1-4H3. The van der Waals surface area contributed by atoms with Crippen molar-refractivity contribution in [2.45, 2.75) is 32.5 Å². The molecule has 0 bridgehead atoms. The van der Waals surface area contributed by atoms with Crippen molar-refractivity contribution in [1.82, 2.24) is 14.5 Å². The molecular formula is C32H32ClF3N4O2. The summed E-state index contributed by atoms with van der Waals surface area (Å²) in [5.74, 6) is -0.816. The Bertz CT molecular complexity index is 1650. The molecule has 1 aliphatic rings. The lowest BCUT2D eigenvalue weighted by Crippen LogP contribution is -2.40. The van der Waals surface area contributed by atoms with Gasteiger partial charge in [-0.15, -0.1) is 0 Å². The van der Waals surface area contributed by atoms with Crippen molar-refractivity contribution < 1.29 is 23.0 Å². The van der Waals surface area contributed by atoms with Crippen molar-refractivity contribution in [1.29, 1.82) is 0 Å². The Morgan fingerprint density at radius 2 is 1.81 bits per heavy atom. The molecule has 0 fully saturated rings. The number of benzene rings is 2. The number of hydrogen-bond acceptors (Lipinski definition) is 5. The predicted octanol–water partition coefficient (Wildman–Crippen LogP) is 7.81. The Labute approximate surface area is 247 Å². The summed E-state index contributed by atoms with van der Waals surface area (Å²) in [5, 5.41) is 12.9. The van der Waals surface area contributed by atoms with E-state index in [0.29, 0.717) is 23.8 Å². The molecule has 0 amide bonds. The third kappa shape index (κ3) is 5.27. The molecule has 1 N–H and O–H groups in total. The first-order chi connectivity index (χ1) is 20.0. The summed E-state index contributed by atoms with van der Waals surface area (Å²) in [5.41, 5.74) is -1.87. The SMILES string of the molecule is CCN(CC)c1nc2ccc(C(O)(c3cncn3C)C3C=CC(Cl)=CC3C)cc2c(C(F)(F)F)c1Oc1ccccc1. The minimum Gasteiger partial charge on any atom is -0.453 e. The number of aromatic nitrogens is 3. The Morgan fingerprint density at radius 3 is 2.40 bits per heavy atom. The van der Waals surface area contributed by atoms with Gasteiger partial charge in [0.05, 0.1) is 23.7 Å². The second-order valence-electron chi connectivity index (χ2n) is 10.4. The molecule has 220 valence electrons. The van der Waals surface area contributed by atoms with Crippen LogP contribution in [0.15, 0.2) is 84.3 Å². The van der Waals surface area contributed by atoms with Crippen LogP contribution in [0.4, 0.5) is 19.0 Å². The summed E-state index contributed by atoms with van der Waals surface area (Å²) < 4.78 is 53.0. The van der Waals surface area contributed by atoms with Crippen LogP contribution in [0, 0.1) is 11.8 Å². The summed E-state index contributed by atoms with van der Waals surface area (Å²) in [6, 6.07) is 12.9. The van der Waals surface area contributed by atoms with E-state index in [9.17, 15) is 5.11 Å². The number of rotatable bonds is 8. The van der Waals surface area contributed by atoms with E-state index >= 15 is 13.2 Å². The number of aryl methyl sites for hydroxylation is 1. The van der Waals surface area contributed by atoms with Crippen LogP contribution in [0.3, 0.4) is 0 Å². The molecule has 10 heteroatoms. The Balaban J connectivity index is 1.82. The topological polar surface area (TPSA) is 63.4 Å². The number of ether oxygens (including phenoxy) is 1. The van der Waals surface area contributed by atoms with Crippen LogP contribution in [0.1, 0.15) is 37.6 Å². The second-order valence-corrected chi connectivity index (χ2v) is 10.8.